The van der Waals surface area contributed by atoms with E-state index in [2.05, 4.69) is 62.3 Å². The van der Waals surface area contributed by atoms with Gasteiger partial charge in [-0.15, -0.1) is 0 Å². The minimum atomic E-state index is 0.209. The number of H-pyrrole nitrogens is 1. The molecule has 3 heteroatoms. The lowest BCUT2D eigenvalue weighted by Crippen LogP contribution is -2.24. The van der Waals surface area contributed by atoms with Gasteiger partial charge >= 0.3 is 0 Å². The molecule has 2 heterocycles. The number of aromatic nitrogens is 1. The van der Waals surface area contributed by atoms with Crippen molar-refractivity contribution in [2.45, 2.75) is 72.3 Å². The summed E-state index contributed by atoms with van der Waals surface area (Å²) in [4.78, 5) is 3.29. The predicted octanol–water partition coefficient (Wildman–Crippen LogP) is 6.58. The molecule has 1 fully saturated rings. The Hall–Kier alpha value is -2.21. The monoisotopic (exact) mass is 363 g/mol. The van der Waals surface area contributed by atoms with E-state index in [9.17, 15) is 5.26 Å². The quantitative estimate of drug-likeness (QED) is 0.512. The molecule has 0 bridgehead atoms. The average Bonchev–Trinajstić information content (AvgIpc) is 3.44. The van der Waals surface area contributed by atoms with Gasteiger partial charge in [-0.05, 0) is 62.0 Å². The highest BCUT2D eigenvalue weighted by molar-refractivity contribution is 5.85. The SMILES string of the molecule is CC/C(=C/C(C)=C\CCC(C)CC)C1C=C(C2CC2)c2c(C#N)c[nH]c2N1. The molecule has 27 heavy (non-hydrogen) atoms. The second kappa shape index (κ2) is 8.65. The first-order valence-electron chi connectivity index (χ1n) is 10.5. The van der Waals surface area contributed by atoms with Crippen LogP contribution < -0.4 is 5.32 Å². The van der Waals surface area contributed by atoms with Crippen LogP contribution in [0.25, 0.3) is 5.57 Å². The summed E-state index contributed by atoms with van der Waals surface area (Å²) in [5.74, 6) is 2.44. The third-order valence-electron chi connectivity index (χ3n) is 6.00. The Morgan fingerprint density at radius 2 is 2.15 bits per heavy atom. The van der Waals surface area contributed by atoms with Gasteiger partial charge in [0.25, 0.3) is 0 Å². The maximum Gasteiger partial charge on any atom is 0.113 e. The van der Waals surface area contributed by atoms with E-state index in [1.54, 1.807) is 0 Å². The van der Waals surface area contributed by atoms with Gasteiger partial charge in [0, 0.05) is 11.8 Å². The van der Waals surface area contributed by atoms with E-state index in [0.717, 1.165) is 35.7 Å². The van der Waals surface area contributed by atoms with E-state index in [4.69, 9.17) is 0 Å². The number of nitriles is 1. The smallest absolute Gasteiger partial charge is 0.113 e. The van der Waals surface area contributed by atoms with Gasteiger partial charge in [0.05, 0.1) is 11.6 Å². The Balaban J connectivity index is 1.81. The lowest BCUT2D eigenvalue weighted by atomic mass is 9.90. The largest absolute Gasteiger partial charge is 0.361 e. The Bertz CT molecular complexity index is 796. The van der Waals surface area contributed by atoms with Crippen LogP contribution in [0.2, 0.25) is 0 Å². The van der Waals surface area contributed by atoms with Crippen LogP contribution in [0.1, 0.15) is 77.3 Å². The number of hydrogen-bond acceptors (Lipinski definition) is 2. The minimum absolute atomic E-state index is 0.209. The third kappa shape index (κ3) is 4.56. The Morgan fingerprint density at radius 1 is 1.37 bits per heavy atom. The van der Waals surface area contributed by atoms with Crippen LogP contribution in [-0.2, 0) is 0 Å². The molecule has 1 aromatic heterocycles. The summed E-state index contributed by atoms with van der Waals surface area (Å²) >= 11 is 0. The Kier molecular flexibility index (Phi) is 6.26. The average molecular weight is 364 g/mol. The van der Waals surface area contributed by atoms with Gasteiger partial charge in [-0.1, -0.05) is 51.0 Å². The maximum absolute atomic E-state index is 9.44. The fraction of sp³-hybridized carbons (Fsp3) is 0.542. The third-order valence-corrected chi connectivity index (χ3v) is 6.00. The van der Waals surface area contributed by atoms with Gasteiger partial charge in [-0.2, -0.15) is 5.26 Å². The van der Waals surface area contributed by atoms with Crippen LogP contribution in [-0.4, -0.2) is 11.0 Å². The first-order valence-corrected chi connectivity index (χ1v) is 10.5. The van der Waals surface area contributed by atoms with Crippen molar-refractivity contribution < 1.29 is 0 Å². The molecule has 144 valence electrons. The van der Waals surface area contributed by atoms with Gasteiger partial charge in [-0.25, -0.2) is 0 Å². The lowest BCUT2D eigenvalue weighted by molar-refractivity contribution is 0.521. The zero-order valence-electron chi connectivity index (χ0n) is 17.2. The van der Waals surface area contributed by atoms with Crippen molar-refractivity contribution in [1.82, 2.24) is 4.98 Å². The molecule has 1 aliphatic carbocycles. The summed E-state index contributed by atoms with van der Waals surface area (Å²) in [6, 6.07) is 2.55. The maximum atomic E-state index is 9.44. The van der Waals surface area contributed by atoms with Gasteiger partial charge in [-0.3, -0.25) is 0 Å². The zero-order valence-corrected chi connectivity index (χ0v) is 17.2. The van der Waals surface area contributed by atoms with Gasteiger partial charge in [0.1, 0.15) is 11.9 Å². The van der Waals surface area contributed by atoms with E-state index in [1.807, 2.05) is 6.20 Å². The second-order valence-electron chi connectivity index (χ2n) is 8.19. The van der Waals surface area contributed by atoms with Crippen LogP contribution in [0.5, 0.6) is 0 Å². The molecule has 2 atom stereocenters. The van der Waals surface area contributed by atoms with Crippen molar-refractivity contribution in [1.29, 1.82) is 5.26 Å². The molecule has 1 aliphatic heterocycles. The highest BCUT2D eigenvalue weighted by atomic mass is 15.0. The van der Waals surface area contributed by atoms with E-state index < -0.39 is 0 Å². The van der Waals surface area contributed by atoms with Crippen molar-refractivity contribution in [3.8, 4) is 6.07 Å². The normalized spacial score (nSPS) is 21.1. The summed E-state index contributed by atoms with van der Waals surface area (Å²) in [5.41, 5.74) is 5.99. The minimum Gasteiger partial charge on any atom is -0.361 e. The van der Waals surface area contributed by atoms with Crippen molar-refractivity contribution in [3.05, 3.63) is 46.7 Å². The molecule has 0 aromatic carbocycles. The summed E-state index contributed by atoms with van der Waals surface area (Å²) < 4.78 is 0. The number of fused-ring (bicyclic) bond motifs is 1. The van der Waals surface area contributed by atoms with Gasteiger partial charge in [0.2, 0.25) is 0 Å². The Morgan fingerprint density at radius 3 is 2.78 bits per heavy atom. The number of anilines is 1. The number of hydrogen-bond donors (Lipinski definition) is 2. The summed E-state index contributed by atoms with van der Waals surface area (Å²) in [7, 11) is 0. The topological polar surface area (TPSA) is 51.6 Å². The molecule has 1 aromatic rings. The van der Waals surface area contributed by atoms with Crippen molar-refractivity contribution in [2.24, 2.45) is 11.8 Å². The molecule has 2 unspecified atom stereocenters. The van der Waals surface area contributed by atoms with E-state index in [1.165, 1.54) is 42.4 Å². The molecule has 0 spiro atoms. The number of rotatable bonds is 8. The van der Waals surface area contributed by atoms with Crippen LogP contribution in [0, 0.1) is 23.2 Å². The molecule has 2 aliphatic rings. The van der Waals surface area contributed by atoms with Gasteiger partial charge < -0.3 is 10.3 Å². The standard InChI is InChI=1S/C24H33N3/c1-5-16(3)8-7-9-17(4)12-18(6-2)22-13-21(19-10-11-19)23-20(14-25)15-26-24(23)27-22/h9,12-13,15-16,19,22,26-27H,5-8,10-11H2,1-4H3/b17-9-,18-12-. The molecular formula is C24H33N3. The van der Waals surface area contributed by atoms with Crippen LogP contribution in [0.15, 0.2) is 35.6 Å². The summed E-state index contributed by atoms with van der Waals surface area (Å²) in [6.07, 6.45) is 16.1. The van der Waals surface area contributed by atoms with Crippen molar-refractivity contribution in [3.63, 3.8) is 0 Å². The highest BCUT2D eigenvalue weighted by Gasteiger charge is 2.34. The first kappa shape index (κ1) is 19.5. The fourth-order valence-electron chi connectivity index (χ4n) is 3.88. The van der Waals surface area contributed by atoms with E-state index in [0.29, 0.717) is 5.92 Å². The molecule has 1 saturated carbocycles. The predicted molar refractivity (Wildman–Crippen MR) is 114 cm³/mol. The Labute approximate surface area is 164 Å². The fourth-order valence-corrected chi connectivity index (χ4v) is 3.88. The molecule has 0 radical (unpaired) electrons. The zero-order chi connectivity index (χ0) is 19.4. The molecule has 3 nitrogen and oxygen atoms in total. The van der Waals surface area contributed by atoms with E-state index in [-0.39, 0.29) is 6.04 Å². The molecule has 2 N–H and O–H groups in total. The van der Waals surface area contributed by atoms with Crippen molar-refractivity contribution >= 4 is 11.4 Å². The van der Waals surface area contributed by atoms with Crippen molar-refractivity contribution in [2.75, 3.05) is 5.32 Å². The van der Waals surface area contributed by atoms with Gasteiger partial charge in [0.15, 0.2) is 0 Å². The van der Waals surface area contributed by atoms with E-state index >= 15 is 0 Å². The number of allylic oxidation sites excluding steroid dienone is 4. The molecule has 3 rings (SSSR count). The highest BCUT2D eigenvalue weighted by Crippen LogP contribution is 2.47. The lowest BCUT2D eigenvalue weighted by Gasteiger charge is -2.26. The van der Waals surface area contributed by atoms with Crippen LogP contribution >= 0.6 is 0 Å². The number of nitrogens with one attached hydrogen (secondary N) is 2. The number of nitrogens with zero attached hydrogens (tertiary/aromatic N) is 1. The number of aromatic amines is 1. The van der Waals surface area contributed by atoms with Crippen LogP contribution in [0.3, 0.4) is 0 Å². The second-order valence-corrected chi connectivity index (χ2v) is 8.19. The van der Waals surface area contributed by atoms with Crippen LogP contribution in [0.4, 0.5) is 5.82 Å². The molecule has 0 amide bonds. The summed E-state index contributed by atoms with van der Waals surface area (Å²) in [6.45, 7) is 9.04. The summed E-state index contributed by atoms with van der Waals surface area (Å²) in [5, 5.41) is 13.1. The first-order chi connectivity index (χ1) is 13.1. The molecular weight excluding hydrogens is 330 g/mol. The molecule has 0 saturated heterocycles.